The van der Waals surface area contributed by atoms with Crippen molar-refractivity contribution in [2.24, 2.45) is 0 Å². The summed E-state index contributed by atoms with van der Waals surface area (Å²) in [5.74, 6) is -1.67. The standard InChI is InChI=1S/C9H4ClF2N/c10-9-7(11)4-6(2-1-3-13)5-8(9)12/h1-2,4-5H. The van der Waals surface area contributed by atoms with Crippen molar-refractivity contribution < 1.29 is 8.78 Å². The molecule has 0 radical (unpaired) electrons. The van der Waals surface area contributed by atoms with Gasteiger partial charge in [0.05, 0.1) is 6.07 Å². The van der Waals surface area contributed by atoms with E-state index in [1.54, 1.807) is 6.07 Å². The van der Waals surface area contributed by atoms with Gasteiger partial charge in [0.1, 0.15) is 16.7 Å². The molecule has 1 aromatic rings. The Morgan fingerprint density at radius 3 is 2.31 bits per heavy atom. The molecule has 0 amide bonds. The van der Waals surface area contributed by atoms with Crippen molar-refractivity contribution >= 4 is 17.7 Å². The van der Waals surface area contributed by atoms with Gasteiger partial charge in [0.2, 0.25) is 0 Å². The largest absolute Gasteiger partial charge is 0.205 e. The van der Waals surface area contributed by atoms with E-state index >= 15 is 0 Å². The summed E-state index contributed by atoms with van der Waals surface area (Å²) < 4.78 is 25.6. The first-order valence-electron chi connectivity index (χ1n) is 3.36. The van der Waals surface area contributed by atoms with Gasteiger partial charge in [0.15, 0.2) is 0 Å². The number of allylic oxidation sites excluding steroid dienone is 1. The van der Waals surface area contributed by atoms with Crippen molar-refractivity contribution in [3.05, 3.63) is 40.4 Å². The molecule has 0 N–H and O–H groups in total. The van der Waals surface area contributed by atoms with E-state index in [2.05, 4.69) is 0 Å². The molecule has 0 aliphatic rings. The number of nitrogens with zero attached hydrogens (tertiary/aromatic N) is 1. The quantitative estimate of drug-likeness (QED) is 0.504. The van der Waals surface area contributed by atoms with Crippen molar-refractivity contribution in [1.29, 1.82) is 5.26 Å². The zero-order chi connectivity index (χ0) is 9.84. The molecule has 1 aromatic carbocycles. The molecule has 0 saturated heterocycles. The van der Waals surface area contributed by atoms with Crippen LogP contribution >= 0.6 is 11.6 Å². The highest BCUT2D eigenvalue weighted by Gasteiger charge is 2.06. The molecule has 0 aliphatic heterocycles. The molecule has 0 aliphatic carbocycles. The average molecular weight is 200 g/mol. The fraction of sp³-hybridized carbons (Fsp3) is 0. The van der Waals surface area contributed by atoms with Crippen LogP contribution in [-0.4, -0.2) is 0 Å². The van der Waals surface area contributed by atoms with E-state index < -0.39 is 16.7 Å². The Balaban J connectivity index is 3.15. The molecule has 0 bridgehead atoms. The Bertz CT molecular complexity index is 370. The van der Waals surface area contributed by atoms with Crippen LogP contribution in [0.1, 0.15) is 5.56 Å². The van der Waals surface area contributed by atoms with Crippen molar-refractivity contribution in [2.75, 3.05) is 0 Å². The summed E-state index contributed by atoms with van der Waals surface area (Å²) in [5.41, 5.74) is 0.265. The van der Waals surface area contributed by atoms with Crippen molar-refractivity contribution in [3.8, 4) is 6.07 Å². The monoisotopic (exact) mass is 199 g/mol. The van der Waals surface area contributed by atoms with Crippen LogP contribution in [0.2, 0.25) is 5.02 Å². The normalized spacial score (nSPS) is 10.3. The second kappa shape index (κ2) is 4.01. The van der Waals surface area contributed by atoms with Gasteiger partial charge in [0.25, 0.3) is 0 Å². The highest BCUT2D eigenvalue weighted by molar-refractivity contribution is 6.30. The maximum Gasteiger partial charge on any atom is 0.145 e. The van der Waals surface area contributed by atoms with E-state index in [1.807, 2.05) is 0 Å². The molecular formula is C9H4ClF2N. The summed E-state index contributed by atoms with van der Waals surface area (Å²) in [6.45, 7) is 0. The van der Waals surface area contributed by atoms with Gasteiger partial charge in [-0.1, -0.05) is 11.6 Å². The molecule has 0 spiro atoms. The van der Waals surface area contributed by atoms with Crippen molar-refractivity contribution in [1.82, 2.24) is 0 Å². The third-order valence-corrected chi connectivity index (χ3v) is 1.72. The van der Waals surface area contributed by atoms with Gasteiger partial charge < -0.3 is 0 Å². The smallest absolute Gasteiger partial charge is 0.145 e. The summed E-state index contributed by atoms with van der Waals surface area (Å²) >= 11 is 5.24. The number of nitriles is 1. The summed E-state index contributed by atoms with van der Waals surface area (Å²) in [5, 5.41) is 7.64. The Morgan fingerprint density at radius 2 is 1.85 bits per heavy atom. The Labute approximate surface area is 78.9 Å². The summed E-state index contributed by atoms with van der Waals surface area (Å²) in [6, 6.07) is 3.82. The van der Waals surface area contributed by atoms with E-state index in [4.69, 9.17) is 16.9 Å². The molecule has 0 atom stereocenters. The van der Waals surface area contributed by atoms with E-state index in [1.165, 1.54) is 6.08 Å². The minimum atomic E-state index is -0.834. The molecule has 66 valence electrons. The molecule has 0 saturated carbocycles. The number of rotatable bonds is 1. The molecule has 0 aromatic heterocycles. The Morgan fingerprint density at radius 1 is 1.31 bits per heavy atom. The highest BCUT2D eigenvalue weighted by atomic mass is 35.5. The molecule has 1 nitrogen and oxygen atoms in total. The maximum atomic E-state index is 12.8. The molecule has 1 rings (SSSR count). The fourth-order valence-corrected chi connectivity index (χ4v) is 0.914. The first-order chi connectivity index (χ1) is 6.15. The third-order valence-electron chi connectivity index (χ3n) is 1.36. The van der Waals surface area contributed by atoms with Crippen LogP contribution in [0.3, 0.4) is 0 Å². The van der Waals surface area contributed by atoms with Crippen molar-refractivity contribution in [3.63, 3.8) is 0 Å². The van der Waals surface area contributed by atoms with Crippen LogP contribution in [0.4, 0.5) is 8.78 Å². The lowest BCUT2D eigenvalue weighted by atomic mass is 10.2. The fourth-order valence-electron chi connectivity index (χ4n) is 0.805. The van der Waals surface area contributed by atoms with E-state index in [9.17, 15) is 8.78 Å². The second-order valence-electron chi connectivity index (χ2n) is 2.26. The predicted octanol–water partition coefficient (Wildman–Crippen LogP) is 3.15. The van der Waals surface area contributed by atoms with Crippen LogP contribution in [0.25, 0.3) is 6.08 Å². The second-order valence-corrected chi connectivity index (χ2v) is 2.64. The van der Waals surface area contributed by atoms with Crippen molar-refractivity contribution in [2.45, 2.75) is 0 Å². The number of halogens is 3. The summed E-state index contributed by atoms with van der Waals surface area (Å²) in [4.78, 5) is 0. The topological polar surface area (TPSA) is 23.8 Å². The van der Waals surface area contributed by atoms with Gasteiger partial charge in [0, 0.05) is 6.08 Å². The van der Waals surface area contributed by atoms with Crippen LogP contribution in [0.5, 0.6) is 0 Å². The SMILES string of the molecule is N#CC=Cc1cc(F)c(Cl)c(F)c1. The third kappa shape index (κ3) is 2.27. The lowest BCUT2D eigenvalue weighted by Crippen LogP contribution is -1.85. The van der Waals surface area contributed by atoms with Gasteiger partial charge in [-0.3, -0.25) is 0 Å². The molecular weight excluding hydrogens is 196 g/mol. The van der Waals surface area contributed by atoms with Gasteiger partial charge in [-0.05, 0) is 23.8 Å². The minimum Gasteiger partial charge on any atom is -0.205 e. The van der Waals surface area contributed by atoms with Gasteiger partial charge in [-0.25, -0.2) is 8.78 Å². The zero-order valence-corrected chi connectivity index (χ0v) is 7.15. The van der Waals surface area contributed by atoms with Gasteiger partial charge in [-0.2, -0.15) is 5.26 Å². The first kappa shape index (κ1) is 9.69. The lowest BCUT2D eigenvalue weighted by Gasteiger charge is -1.97. The first-order valence-corrected chi connectivity index (χ1v) is 3.73. The molecule has 0 fully saturated rings. The van der Waals surface area contributed by atoms with Crippen LogP contribution in [0, 0.1) is 23.0 Å². The molecule has 0 heterocycles. The van der Waals surface area contributed by atoms with Gasteiger partial charge in [-0.15, -0.1) is 0 Å². The molecule has 4 heteroatoms. The Kier molecular flexibility index (Phi) is 2.99. The van der Waals surface area contributed by atoms with Crippen LogP contribution in [0.15, 0.2) is 18.2 Å². The van der Waals surface area contributed by atoms with Crippen LogP contribution in [-0.2, 0) is 0 Å². The summed E-state index contributed by atoms with van der Waals surface area (Å²) in [6.07, 6.45) is 2.42. The van der Waals surface area contributed by atoms with E-state index in [0.29, 0.717) is 0 Å². The summed E-state index contributed by atoms with van der Waals surface area (Å²) in [7, 11) is 0. The lowest BCUT2D eigenvalue weighted by molar-refractivity contribution is 0.583. The predicted molar refractivity (Wildman–Crippen MR) is 46.0 cm³/mol. The van der Waals surface area contributed by atoms with Gasteiger partial charge >= 0.3 is 0 Å². The molecule has 0 unspecified atom stereocenters. The molecule has 13 heavy (non-hydrogen) atoms. The highest BCUT2D eigenvalue weighted by Crippen LogP contribution is 2.20. The number of hydrogen-bond acceptors (Lipinski definition) is 1. The number of hydrogen-bond donors (Lipinski definition) is 0. The zero-order valence-electron chi connectivity index (χ0n) is 6.39. The maximum absolute atomic E-state index is 12.8. The van der Waals surface area contributed by atoms with E-state index in [0.717, 1.165) is 18.2 Å². The van der Waals surface area contributed by atoms with Crippen LogP contribution < -0.4 is 0 Å². The number of benzene rings is 1. The minimum absolute atomic E-state index is 0.265. The Hall–Kier alpha value is -1.40. The van der Waals surface area contributed by atoms with E-state index in [-0.39, 0.29) is 5.56 Å². The average Bonchev–Trinajstić information content (AvgIpc) is 2.10.